The van der Waals surface area contributed by atoms with Gasteiger partial charge in [-0.1, -0.05) is 12.1 Å². The van der Waals surface area contributed by atoms with Crippen LogP contribution in [-0.4, -0.2) is 28.0 Å². The summed E-state index contributed by atoms with van der Waals surface area (Å²) in [4.78, 5) is 30.7. The van der Waals surface area contributed by atoms with Crippen molar-refractivity contribution in [1.82, 2.24) is 15.3 Å². The van der Waals surface area contributed by atoms with Crippen LogP contribution in [0.5, 0.6) is 5.88 Å². The van der Waals surface area contributed by atoms with Crippen LogP contribution in [0.4, 0.5) is 4.39 Å². The molecule has 0 radical (unpaired) electrons. The number of aromatic amines is 1. The van der Waals surface area contributed by atoms with Crippen molar-refractivity contribution in [3.05, 3.63) is 46.8 Å². The third kappa shape index (κ3) is 3.66. The fourth-order valence-corrected chi connectivity index (χ4v) is 6.06. The van der Waals surface area contributed by atoms with Crippen LogP contribution < -0.4 is 15.7 Å². The van der Waals surface area contributed by atoms with E-state index in [0.717, 1.165) is 37.0 Å². The lowest BCUT2D eigenvalue weighted by molar-refractivity contribution is -0.128. The van der Waals surface area contributed by atoms with Gasteiger partial charge in [0.25, 0.3) is 5.91 Å². The highest BCUT2D eigenvalue weighted by molar-refractivity contribution is 5.79. The number of benzene rings is 1. The molecule has 1 aromatic heterocycles. The molecule has 0 spiro atoms. The van der Waals surface area contributed by atoms with E-state index >= 15 is 0 Å². The SMILES string of the molecule is O=C(COc1nc(=O)[nH]cc1-c1ccc(F)cc1)NC12CC3CC(CC(C3)C1)C2. The number of hydrogen-bond donors (Lipinski definition) is 2. The number of carbonyl (C=O) groups is 1. The predicted octanol–water partition coefficient (Wildman–Crippen LogP) is 3.04. The van der Waals surface area contributed by atoms with E-state index in [4.69, 9.17) is 4.74 Å². The number of nitrogens with zero attached hydrogens (tertiary/aromatic N) is 1. The second kappa shape index (κ2) is 6.97. The molecule has 2 aromatic rings. The zero-order valence-corrected chi connectivity index (χ0v) is 16.1. The fraction of sp³-hybridized carbons (Fsp3) is 0.500. The molecule has 1 aromatic carbocycles. The minimum Gasteiger partial charge on any atom is -0.467 e. The van der Waals surface area contributed by atoms with Crippen LogP contribution in [0.25, 0.3) is 11.1 Å². The zero-order chi connectivity index (χ0) is 20.0. The molecule has 0 unspecified atom stereocenters. The van der Waals surface area contributed by atoms with Crippen molar-refractivity contribution in [2.75, 3.05) is 6.61 Å². The molecular weight excluding hydrogens is 373 g/mol. The van der Waals surface area contributed by atoms with Gasteiger partial charge in [0.15, 0.2) is 6.61 Å². The number of carbonyl (C=O) groups excluding carboxylic acids is 1. The summed E-state index contributed by atoms with van der Waals surface area (Å²) < 4.78 is 18.9. The number of rotatable bonds is 5. The maximum Gasteiger partial charge on any atom is 0.348 e. The van der Waals surface area contributed by atoms with E-state index < -0.39 is 5.69 Å². The van der Waals surface area contributed by atoms with Crippen molar-refractivity contribution >= 4 is 5.91 Å². The monoisotopic (exact) mass is 397 g/mol. The highest BCUT2D eigenvalue weighted by Crippen LogP contribution is 2.55. The molecule has 7 heteroatoms. The summed E-state index contributed by atoms with van der Waals surface area (Å²) in [5.74, 6) is 1.74. The van der Waals surface area contributed by atoms with E-state index in [9.17, 15) is 14.0 Å². The predicted molar refractivity (Wildman–Crippen MR) is 105 cm³/mol. The van der Waals surface area contributed by atoms with Crippen LogP contribution >= 0.6 is 0 Å². The number of ether oxygens (including phenoxy) is 1. The quantitative estimate of drug-likeness (QED) is 0.812. The maximum absolute atomic E-state index is 13.2. The van der Waals surface area contributed by atoms with Crippen LogP contribution in [0, 0.1) is 23.6 Å². The summed E-state index contributed by atoms with van der Waals surface area (Å²) in [6, 6.07) is 5.80. The summed E-state index contributed by atoms with van der Waals surface area (Å²) in [5.41, 5.74) is 0.502. The molecule has 152 valence electrons. The van der Waals surface area contributed by atoms with Crippen LogP contribution in [0.15, 0.2) is 35.3 Å². The first kappa shape index (κ1) is 18.3. The molecule has 6 rings (SSSR count). The van der Waals surface area contributed by atoms with Crippen LogP contribution in [0.1, 0.15) is 38.5 Å². The van der Waals surface area contributed by atoms with Crippen molar-refractivity contribution in [2.24, 2.45) is 17.8 Å². The first-order valence-corrected chi connectivity index (χ1v) is 10.3. The molecule has 2 N–H and O–H groups in total. The Bertz CT molecular complexity index is 950. The molecule has 6 nitrogen and oxygen atoms in total. The smallest absolute Gasteiger partial charge is 0.348 e. The Labute approximate surface area is 167 Å². The topological polar surface area (TPSA) is 84.1 Å². The van der Waals surface area contributed by atoms with E-state index in [-0.39, 0.29) is 29.8 Å². The lowest BCUT2D eigenvalue weighted by Crippen LogP contribution is -2.60. The van der Waals surface area contributed by atoms with Crippen LogP contribution in [0.3, 0.4) is 0 Å². The normalized spacial score (nSPS) is 29.6. The average Bonchev–Trinajstić information content (AvgIpc) is 2.66. The standard InChI is InChI=1S/C22H24FN3O3/c23-17-3-1-16(2-4-17)18-11-24-21(28)25-20(18)29-12-19(27)26-22-8-13-5-14(9-22)7-15(6-13)10-22/h1-4,11,13-15H,5-10,12H2,(H,26,27)(H,24,25,28). The van der Waals surface area contributed by atoms with E-state index in [1.54, 1.807) is 12.1 Å². The Kier molecular flexibility index (Phi) is 4.41. The molecular formula is C22H24FN3O3. The maximum atomic E-state index is 13.2. The molecule has 1 amide bonds. The van der Waals surface area contributed by atoms with E-state index in [1.165, 1.54) is 37.6 Å². The van der Waals surface area contributed by atoms with E-state index in [2.05, 4.69) is 15.3 Å². The molecule has 4 saturated carbocycles. The van der Waals surface area contributed by atoms with Crippen molar-refractivity contribution in [1.29, 1.82) is 0 Å². The molecule has 1 heterocycles. The molecule has 29 heavy (non-hydrogen) atoms. The van der Waals surface area contributed by atoms with Gasteiger partial charge in [0.2, 0.25) is 5.88 Å². The third-order valence-electron chi connectivity index (χ3n) is 6.71. The van der Waals surface area contributed by atoms with E-state index in [1.807, 2.05) is 0 Å². The Morgan fingerprint density at radius 3 is 2.38 bits per heavy atom. The minimum absolute atomic E-state index is 0.0704. The van der Waals surface area contributed by atoms with Crippen molar-refractivity contribution in [3.8, 4) is 17.0 Å². The number of nitrogens with one attached hydrogen (secondary N) is 2. The average molecular weight is 397 g/mol. The summed E-state index contributed by atoms with van der Waals surface area (Å²) in [6.07, 6.45) is 8.59. The van der Waals surface area contributed by atoms with Gasteiger partial charge in [-0.05, 0) is 74.0 Å². The lowest BCUT2D eigenvalue weighted by atomic mass is 9.53. The Hall–Kier alpha value is -2.70. The van der Waals surface area contributed by atoms with E-state index in [0.29, 0.717) is 11.1 Å². The summed E-state index contributed by atoms with van der Waals surface area (Å²) in [7, 11) is 0. The number of aromatic nitrogens is 2. The lowest BCUT2D eigenvalue weighted by Gasteiger charge is -2.56. The first-order valence-electron chi connectivity index (χ1n) is 10.3. The van der Waals surface area contributed by atoms with Gasteiger partial charge in [-0.2, -0.15) is 4.98 Å². The number of hydrogen-bond acceptors (Lipinski definition) is 4. The molecule has 4 aliphatic carbocycles. The Balaban J connectivity index is 1.29. The summed E-state index contributed by atoms with van der Waals surface area (Å²) >= 11 is 0. The van der Waals surface area contributed by atoms with Gasteiger partial charge < -0.3 is 15.0 Å². The second-order valence-corrected chi connectivity index (χ2v) is 8.97. The highest BCUT2D eigenvalue weighted by atomic mass is 19.1. The van der Waals surface area contributed by atoms with Crippen molar-refractivity contribution < 1.29 is 13.9 Å². The van der Waals surface area contributed by atoms with Crippen molar-refractivity contribution in [3.63, 3.8) is 0 Å². The van der Waals surface area contributed by atoms with Gasteiger partial charge in [-0.3, -0.25) is 4.79 Å². The minimum atomic E-state index is -0.563. The van der Waals surface area contributed by atoms with Crippen LogP contribution in [-0.2, 0) is 4.79 Å². The zero-order valence-electron chi connectivity index (χ0n) is 16.1. The van der Waals surface area contributed by atoms with Crippen molar-refractivity contribution in [2.45, 2.75) is 44.1 Å². The first-order chi connectivity index (χ1) is 14.0. The number of H-pyrrole nitrogens is 1. The molecule has 4 fully saturated rings. The second-order valence-electron chi connectivity index (χ2n) is 8.97. The largest absolute Gasteiger partial charge is 0.467 e. The van der Waals surface area contributed by atoms with Gasteiger partial charge in [0.05, 0.1) is 5.56 Å². The molecule has 0 atom stereocenters. The van der Waals surface area contributed by atoms with Gasteiger partial charge in [0.1, 0.15) is 5.82 Å². The Morgan fingerprint density at radius 1 is 1.14 bits per heavy atom. The fourth-order valence-electron chi connectivity index (χ4n) is 6.06. The molecule has 0 saturated heterocycles. The summed E-state index contributed by atoms with van der Waals surface area (Å²) in [6.45, 7) is -0.202. The Morgan fingerprint density at radius 2 is 1.76 bits per heavy atom. The molecule has 4 bridgehead atoms. The number of amides is 1. The van der Waals surface area contributed by atoms with Crippen LogP contribution in [0.2, 0.25) is 0 Å². The molecule has 4 aliphatic rings. The van der Waals surface area contributed by atoms with Gasteiger partial charge in [-0.25, -0.2) is 9.18 Å². The molecule has 0 aliphatic heterocycles. The van der Waals surface area contributed by atoms with Gasteiger partial charge >= 0.3 is 5.69 Å². The summed E-state index contributed by atoms with van der Waals surface area (Å²) in [5, 5.41) is 3.25. The highest BCUT2D eigenvalue weighted by Gasteiger charge is 2.51. The van der Waals surface area contributed by atoms with Gasteiger partial charge in [0, 0.05) is 11.7 Å². The van der Waals surface area contributed by atoms with Gasteiger partial charge in [-0.15, -0.1) is 0 Å². The number of halogens is 1. The third-order valence-corrected chi connectivity index (χ3v) is 6.71.